The van der Waals surface area contributed by atoms with Crippen LogP contribution in [-0.2, 0) is 0 Å². The fraction of sp³-hybridized carbons (Fsp3) is 0.0667. The van der Waals surface area contributed by atoms with Crippen molar-refractivity contribution in [2.45, 2.75) is 0 Å². The summed E-state index contributed by atoms with van der Waals surface area (Å²) in [6, 6.07) is 8.83. The molecule has 0 bridgehead atoms. The van der Waals surface area contributed by atoms with Crippen LogP contribution in [0.3, 0.4) is 0 Å². The number of aromatic nitrogens is 1. The summed E-state index contributed by atoms with van der Waals surface area (Å²) in [6.07, 6.45) is 3.16. The van der Waals surface area contributed by atoms with E-state index in [0.717, 1.165) is 4.70 Å². The van der Waals surface area contributed by atoms with Crippen molar-refractivity contribution in [3.8, 4) is 17.2 Å². The molecule has 0 spiro atoms. The topological polar surface area (TPSA) is 68.7 Å². The lowest BCUT2D eigenvalue weighted by Gasteiger charge is -2.06. The molecule has 6 heteroatoms. The third kappa shape index (κ3) is 2.53. The second-order valence-electron chi connectivity index (χ2n) is 4.22. The molecule has 0 saturated heterocycles. The van der Waals surface area contributed by atoms with Gasteiger partial charge in [-0.1, -0.05) is 0 Å². The Balaban J connectivity index is 2.17. The molecule has 0 radical (unpaired) electrons. The summed E-state index contributed by atoms with van der Waals surface area (Å²) < 4.78 is 11.7. The van der Waals surface area contributed by atoms with E-state index in [4.69, 9.17) is 9.47 Å². The van der Waals surface area contributed by atoms with Crippen molar-refractivity contribution in [2.75, 3.05) is 7.11 Å². The van der Waals surface area contributed by atoms with Crippen molar-refractivity contribution in [1.29, 1.82) is 0 Å². The molecule has 0 saturated carbocycles. The van der Waals surface area contributed by atoms with Crippen LogP contribution in [0.2, 0.25) is 0 Å². The number of ether oxygens (including phenoxy) is 2. The predicted octanol–water partition coefficient (Wildman–Crippen LogP) is 3.80. The second kappa shape index (κ2) is 5.41. The van der Waals surface area contributed by atoms with Crippen LogP contribution in [0.1, 0.15) is 9.67 Å². The Morgan fingerprint density at radius 2 is 2.14 bits per heavy atom. The van der Waals surface area contributed by atoms with E-state index in [1.165, 1.54) is 17.5 Å². The minimum Gasteiger partial charge on any atom is -0.497 e. The molecule has 2 aromatic heterocycles. The fourth-order valence-corrected chi connectivity index (χ4v) is 2.90. The van der Waals surface area contributed by atoms with Gasteiger partial charge in [0.2, 0.25) is 0 Å². The molecule has 21 heavy (non-hydrogen) atoms. The van der Waals surface area contributed by atoms with Gasteiger partial charge in [-0.3, -0.25) is 4.98 Å². The number of benzene rings is 1. The predicted molar refractivity (Wildman–Crippen MR) is 79.6 cm³/mol. The average molecular weight is 301 g/mol. The lowest BCUT2D eigenvalue weighted by molar-refractivity contribution is 0.0700. The molecular weight excluding hydrogens is 290 g/mol. The third-order valence-electron chi connectivity index (χ3n) is 2.90. The van der Waals surface area contributed by atoms with Crippen molar-refractivity contribution in [1.82, 2.24) is 4.98 Å². The summed E-state index contributed by atoms with van der Waals surface area (Å²) in [5.41, 5.74) is 0. The molecule has 0 unspecified atom stereocenters. The highest BCUT2D eigenvalue weighted by atomic mass is 32.1. The molecule has 0 fully saturated rings. The molecular formula is C15H11NO4S. The Kier molecular flexibility index (Phi) is 3.45. The second-order valence-corrected chi connectivity index (χ2v) is 5.27. The summed E-state index contributed by atoms with van der Waals surface area (Å²) in [7, 11) is 1.56. The van der Waals surface area contributed by atoms with Crippen LogP contribution in [0.5, 0.6) is 17.2 Å². The van der Waals surface area contributed by atoms with Crippen LogP contribution in [0, 0.1) is 0 Å². The van der Waals surface area contributed by atoms with Gasteiger partial charge in [0.15, 0.2) is 10.6 Å². The van der Waals surface area contributed by atoms with E-state index in [-0.39, 0.29) is 4.88 Å². The smallest absolute Gasteiger partial charge is 0.349 e. The molecule has 0 atom stereocenters. The number of hydrogen-bond acceptors (Lipinski definition) is 5. The Morgan fingerprint density at radius 3 is 2.81 bits per heavy atom. The van der Waals surface area contributed by atoms with Crippen molar-refractivity contribution in [3.63, 3.8) is 0 Å². The van der Waals surface area contributed by atoms with E-state index in [9.17, 15) is 9.90 Å². The number of hydrogen-bond donors (Lipinski definition) is 1. The van der Waals surface area contributed by atoms with Crippen LogP contribution in [0.15, 0.2) is 42.7 Å². The SMILES string of the molecule is COc1ccc2sc(C(=O)O)c(Oc3cccnc3)c2c1. The number of carboxylic acids is 1. The van der Waals surface area contributed by atoms with Gasteiger partial charge >= 0.3 is 5.97 Å². The number of aromatic carboxylic acids is 1. The van der Waals surface area contributed by atoms with E-state index in [1.54, 1.807) is 37.6 Å². The van der Waals surface area contributed by atoms with Gasteiger partial charge < -0.3 is 14.6 Å². The Hall–Kier alpha value is -2.60. The fourth-order valence-electron chi connectivity index (χ4n) is 1.95. The number of thiophene rings is 1. The normalized spacial score (nSPS) is 10.5. The molecule has 1 aromatic carbocycles. The van der Waals surface area contributed by atoms with E-state index in [2.05, 4.69) is 4.98 Å². The molecule has 3 rings (SSSR count). The van der Waals surface area contributed by atoms with Crippen molar-refractivity contribution in [2.24, 2.45) is 0 Å². The van der Waals surface area contributed by atoms with Crippen LogP contribution in [-0.4, -0.2) is 23.2 Å². The number of fused-ring (bicyclic) bond motifs is 1. The lowest BCUT2D eigenvalue weighted by atomic mass is 10.2. The maximum absolute atomic E-state index is 11.4. The summed E-state index contributed by atoms with van der Waals surface area (Å²) in [5, 5.41) is 10.1. The minimum absolute atomic E-state index is 0.155. The molecule has 106 valence electrons. The highest BCUT2D eigenvalue weighted by Crippen LogP contribution is 2.41. The monoisotopic (exact) mass is 301 g/mol. The molecule has 3 aromatic rings. The number of carboxylic acid groups (broad SMARTS) is 1. The number of pyridine rings is 1. The summed E-state index contributed by atoms with van der Waals surface area (Å²) in [4.78, 5) is 15.5. The molecule has 0 aliphatic rings. The van der Waals surface area contributed by atoms with Gasteiger partial charge in [0, 0.05) is 16.3 Å². The molecule has 0 aliphatic heterocycles. The van der Waals surface area contributed by atoms with Crippen molar-refractivity contribution >= 4 is 27.4 Å². The highest BCUT2D eigenvalue weighted by molar-refractivity contribution is 7.21. The Morgan fingerprint density at radius 1 is 1.29 bits per heavy atom. The maximum Gasteiger partial charge on any atom is 0.349 e. The maximum atomic E-state index is 11.4. The van der Waals surface area contributed by atoms with Gasteiger partial charge in [0.05, 0.1) is 13.3 Å². The lowest BCUT2D eigenvalue weighted by Crippen LogP contribution is -1.95. The number of carbonyl (C=O) groups is 1. The van der Waals surface area contributed by atoms with E-state index in [1.807, 2.05) is 6.07 Å². The molecule has 0 aliphatic carbocycles. The summed E-state index contributed by atoms with van der Waals surface area (Å²) >= 11 is 1.17. The first-order chi connectivity index (χ1) is 10.2. The quantitative estimate of drug-likeness (QED) is 0.794. The number of rotatable bonds is 4. The van der Waals surface area contributed by atoms with E-state index >= 15 is 0 Å². The standard InChI is InChI=1S/C15H11NO4S/c1-19-9-4-5-12-11(7-9)13(14(21-12)15(17)18)20-10-3-2-6-16-8-10/h2-8H,1H3,(H,17,18). The van der Waals surface area contributed by atoms with Crippen LogP contribution >= 0.6 is 11.3 Å². The van der Waals surface area contributed by atoms with E-state index in [0.29, 0.717) is 22.6 Å². The molecule has 1 N–H and O–H groups in total. The molecule has 2 heterocycles. The van der Waals surface area contributed by atoms with Crippen LogP contribution in [0.25, 0.3) is 10.1 Å². The summed E-state index contributed by atoms with van der Waals surface area (Å²) in [5.74, 6) is 0.430. The number of nitrogens with zero attached hydrogens (tertiary/aromatic N) is 1. The Bertz CT molecular complexity index is 798. The zero-order chi connectivity index (χ0) is 14.8. The van der Waals surface area contributed by atoms with Gasteiger partial charge in [0.25, 0.3) is 0 Å². The van der Waals surface area contributed by atoms with Crippen molar-refractivity contribution < 1.29 is 19.4 Å². The van der Waals surface area contributed by atoms with Gasteiger partial charge in [0.1, 0.15) is 11.5 Å². The van der Waals surface area contributed by atoms with Gasteiger partial charge in [-0.25, -0.2) is 4.79 Å². The van der Waals surface area contributed by atoms with Gasteiger partial charge in [-0.05, 0) is 30.3 Å². The first-order valence-electron chi connectivity index (χ1n) is 6.11. The highest BCUT2D eigenvalue weighted by Gasteiger charge is 2.20. The van der Waals surface area contributed by atoms with Crippen LogP contribution in [0.4, 0.5) is 0 Å². The van der Waals surface area contributed by atoms with Gasteiger partial charge in [-0.2, -0.15) is 0 Å². The average Bonchev–Trinajstić information content (AvgIpc) is 2.86. The number of methoxy groups -OCH3 is 1. The third-order valence-corrected chi connectivity index (χ3v) is 4.04. The molecule has 5 nitrogen and oxygen atoms in total. The van der Waals surface area contributed by atoms with Crippen molar-refractivity contribution in [3.05, 3.63) is 47.6 Å². The zero-order valence-corrected chi connectivity index (χ0v) is 11.9. The van der Waals surface area contributed by atoms with Crippen LogP contribution < -0.4 is 9.47 Å². The molecule has 0 amide bonds. The largest absolute Gasteiger partial charge is 0.497 e. The first-order valence-corrected chi connectivity index (χ1v) is 6.92. The first kappa shape index (κ1) is 13.4. The van der Waals surface area contributed by atoms with E-state index < -0.39 is 5.97 Å². The zero-order valence-electron chi connectivity index (χ0n) is 11.1. The summed E-state index contributed by atoms with van der Waals surface area (Å²) in [6.45, 7) is 0. The van der Waals surface area contributed by atoms with Gasteiger partial charge in [-0.15, -0.1) is 11.3 Å². The Labute approximate surface area is 124 Å². The minimum atomic E-state index is -1.02.